The molecule has 0 saturated carbocycles. The number of hydrogen-bond acceptors (Lipinski definition) is 2. The number of halogens is 1. The molecule has 90 valence electrons. The van der Waals surface area contributed by atoms with Crippen molar-refractivity contribution in [2.75, 3.05) is 0 Å². The molecule has 2 aromatic rings. The Balaban J connectivity index is 2.53. The van der Waals surface area contributed by atoms with Gasteiger partial charge in [0.05, 0.1) is 12.7 Å². The Morgan fingerprint density at radius 2 is 2.18 bits per heavy atom. The topological polar surface area (TPSA) is 50.4 Å². The van der Waals surface area contributed by atoms with Crippen molar-refractivity contribution in [1.82, 2.24) is 0 Å². The SMILES string of the molecule is CC(C)(CC(=O)O)c1cc2ccoc2cc1F. The summed E-state index contributed by atoms with van der Waals surface area (Å²) in [6, 6.07) is 4.68. The Bertz CT molecular complexity index is 569. The number of carboxylic acids is 1. The molecule has 1 heterocycles. The highest BCUT2D eigenvalue weighted by molar-refractivity contribution is 5.79. The van der Waals surface area contributed by atoms with Gasteiger partial charge >= 0.3 is 5.97 Å². The fraction of sp³-hybridized carbons (Fsp3) is 0.308. The van der Waals surface area contributed by atoms with Crippen LogP contribution in [0.25, 0.3) is 11.0 Å². The zero-order valence-electron chi connectivity index (χ0n) is 9.66. The number of carbonyl (C=O) groups is 1. The third kappa shape index (κ3) is 2.16. The summed E-state index contributed by atoms with van der Waals surface area (Å²) in [5.74, 6) is -1.37. The molecule has 0 spiro atoms. The van der Waals surface area contributed by atoms with Crippen molar-refractivity contribution < 1.29 is 18.7 Å². The van der Waals surface area contributed by atoms with E-state index >= 15 is 0 Å². The zero-order valence-corrected chi connectivity index (χ0v) is 9.66. The minimum Gasteiger partial charge on any atom is -0.481 e. The molecule has 0 aliphatic carbocycles. The highest BCUT2D eigenvalue weighted by Crippen LogP contribution is 2.32. The van der Waals surface area contributed by atoms with E-state index in [1.165, 1.54) is 12.3 Å². The summed E-state index contributed by atoms with van der Waals surface area (Å²) < 4.78 is 19.0. The first-order valence-corrected chi connectivity index (χ1v) is 5.29. The second-order valence-electron chi connectivity index (χ2n) is 4.74. The van der Waals surface area contributed by atoms with Crippen LogP contribution < -0.4 is 0 Å². The molecule has 0 fully saturated rings. The molecule has 0 saturated heterocycles. The van der Waals surface area contributed by atoms with Crippen LogP contribution >= 0.6 is 0 Å². The van der Waals surface area contributed by atoms with E-state index in [1.807, 2.05) is 0 Å². The number of fused-ring (bicyclic) bond motifs is 1. The second-order valence-corrected chi connectivity index (χ2v) is 4.74. The summed E-state index contributed by atoms with van der Waals surface area (Å²) in [4.78, 5) is 10.8. The van der Waals surface area contributed by atoms with Gasteiger partial charge in [-0.25, -0.2) is 4.39 Å². The molecule has 1 aromatic carbocycles. The summed E-state index contributed by atoms with van der Waals surface area (Å²) in [7, 11) is 0. The lowest BCUT2D eigenvalue weighted by atomic mass is 9.81. The first kappa shape index (κ1) is 11.6. The number of carboxylic acid groups (broad SMARTS) is 1. The smallest absolute Gasteiger partial charge is 0.304 e. The summed E-state index contributed by atoms with van der Waals surface area (Å²) in [6.07, 6.45) is 1.37. The van der Waals surface area contributed by atoms with Gasteiger partial charge in [-0.2, -0.15) is 0 Å². The fourth-order valence-electron chi connectivity index (χ4n) is 1.98. The van der Waals surface area contributed by atoms with Crippen molar-refractivity contribution in [2.24, 2.45) is 0 Å². The van der Waals surface area contributed by atoms with E-state index in [0.29, 0.717) is 11.1 Å². The quantitative estimate of drug-likeness (QED) is 0.889. The Hall–Kier alpha value is -1.84. The molecule has 0 unspecified atom stereocenters. The first-order chi connectivity index (χ1) is 7.90. The largest absolute Gasteiger partial charge is 0.481 e. The van der Waals surface area contributed by atoms with Crippen molar-refractivity contribution in [3.8, 4) is 0 Å². The Morgan fingerprint density at radius 1 is 1.47 bits per heavy atom. The summed E-state index contributed by atoms with van der Waals surface area (Å²) in [5.41, 5.74) is 0.118. The number of rotatable bonds is 3. The lowest BCUT2D eigenvalue weighted by molar-refractivity contribution is -0.138. The maximum Gasteiger partial charge on any atom is 0.304 e. The van der Waals surface area contributed by atoms with Crippen molar-refractivity contribution >= 4 is 16.9 Å². The number of furan rings is 1. The lowest BCUT2D eigenvalue weighted by Gasteiger charge is -2.23. The average Bonchev–Trinajstić information content (AvgIpc) is 2.60. The summed E-state index contributed by atoms with van der Waals surface area (Å²) >= 11 is 0. The van der Waals surface area contributed by atoms with E-state index in [2.05, 4.69) is 0 Å². The van der Waals surface area contributed by atoms with Crippen molar-refractivity contribution in [3.63, 3.8) is 0 Å². The third-order valence-electron chi connectivity index (χ3n) is 2.86. The van der Waals surface area contributed by atoms with Gasteiger partial charge in [0.25, 0.3) is 0 Å². The van der Waals surface area contributed by atoms with Crippen LogP contribution in [-0.4, -0.2) is 11.1 Å². The van der Waals surface area contributed by atoms with Crippen molar-refractivity contribution in [1.29, 1.82) is 0 Å². The van der Waals surface area contributed by atoms with Gasteiger partial charge in [-0.05, 0) is 17.7 Å². The molecule has 17 heavy (non-hydrogen) atoms. The summed E-state index contributed by atoms with van der Waals surface area (Å²) in [6.45, 7) is 3.43. The monoisotopic (exact) mass is 236 g/mol. The Kier molecular flexibility index (Phi) is 2.65. The van der Waals surface area contributed by atoms with E-state index < -0.39 is 17.2 Å². The van der Waals surface area contributed by atoms with Gasteiger partial charge in [-0.15, -0.1) is 0 Å². The molecule has 1 aromatic heterocycles. The minimum atomic E-state index is -0.943. The van der Waals surface area contributed by atoms with E-state index in [9.17, 15) is 9.18 Å². The molecule has 1 N–H and O–H groups in total. The molecule has 2 rings (SSSR count). The van der Waals surface area contributed by atoms with Crippen LogP contribution in [0.15, 0.2) is 28.9 Å². The van der Waals surface area contributed by atoms with Crippen LogP contribution in [0.5, 0.6) is 0 Å². The number of hydrogen-bond donors (Lipinski definition) is 1. The maximum atomic E-state index is 13.9. The molecule has 0 atom stereocenters. The molecule has 4 heteroatoms. The number of benzene rings is 1. The minimum absolute atomic E-state index is 0.118. The van der Waals surface area contributed by atoms with Crippen LogP contribution in [0.3, 0.4) is 0 Å². The van der Waals surface area contributed by atoms with Crippen LogP contribution in [-0.2, 0) is 10.2 Å². The zero-order chi connectivity index (χ0) is 12.6. The normalized spacial score (nSPS) is 11.9. The van der Waals surface area contributed by atoms with E-state index in [4.69, 9.17) is 9.52 Å². The van der Waals surface area contributed by atoms with Gasteiger partial charge in [0, 0.05) is 16.9 Å². The molecule has 0 amide bonds. The standard InChI is InChI=1S/C13H13FO3/c1-13(2,7-12(15)16)9-5-8-3-4-17-11(8)6-10(9)14/h3-6H,7H2,1-2H3,(H,15,16). The van der Waals surface area contributed by atoms with Crippen LogP contribution in [0, 0.1) is 5.82 Å². The van der Waals surface area contributed by atoms with Gasteiger partial charge in [0.1, 0.15) is 11.4 Å². The number of aliphatic carboxylic acids is 1. The summed E-state index contributed by atoms with van der Waals surface area (Å²) in [5, 5.41) is 9.61. The third-order valence-corrected chi connectivity index (χ3v) is 2.86. The second kappa shape index (κ2) is 3.87. The van der Waals surface area contributed by atoms with Crippen LogP contribution in [0.4, 0.5) is 4.39 Å². The van der Waals surface area contributed by atoms with Crippen molar-refractivity contribution in [2.45, 2.75) is 25.7 Å². The van der Waals surface area contributed by atoms with E-state index in [-0.39, 0.29) is 6.42 Å². The Morgan fingerprint density at radius 3 is 2.82 bits per heavy atom. The van der Waals surface area contributed by atoms with E-state index in [1.54, 1.807) is 26.0 Å². The molecule has 0 bridgehead atoms. The van der Waals surface area contributed by atoms with Crippen molar-refractivity contribution in [3.05, 3.63) is 35.8 Å². The lowest BCUT2D eigenvalue weighted by Crippen LogP contribution is -2.23. The highest BCUT2D eigenvalue weighted by atomic mass is 19.1. The predicted octanol–water partition coefficient (Wildman–Crippen LogP) is 3.32. The van der Waals surface area contributed by atoms with Crippen LogP contribution in [0.2, 0.25) is 0 Å². The van der Waals surface area contributed by atoms with Gasteiger partial charge in [0.15, 0.2) is 0 Å². The predicted molar refractivity (Wildman–Crippen MR) is 61.5 cm³/mol. The van der Waals surface area contributed by atoms with Gasteiger partial charge < -0.3 is 9.52 Å². The van der Waals surface area contributed by atoms with Gasteiger partial charge in [0.2, 0.25) is 0 Å². The average molecular weight is 236 g/mol. The Labute approximate surface area is 97.9 Å². The van der Waals surface area contributed by atoms with Gasteiger partial charge in [-0.3, -0.25) is 4.79 Å². The molecular formula is C13H13FO3. The van der Waals surface area contributed by atoms with E-state index in [0.717, 1.165) is 5.39 Å². The maximum absolute atomic E-state index is 13.9. The molecule has 3 nitrogen and oxygen atoms in total. The first-order valence-electron chi connectivity index (χ1n) is 5.29. The van der Waals surface area contributed by atoms with Crippen LogP contribution in [0.1, 0.15) is 25.8 Å². The highest BCUT2D eigenvalue weighted by Gasteiger charge is 2.27. The molecular weight excluding hydrogens is 223 g/mol. The van der Waals surface area contributed by atoms with Gasteiger partial charge in [-0.1, -0.05) is 13.8 Å². The molecule has 0 radical (unpaired) electrons. The molecule has 0 aliphatic heterocycles. The molecule has 0 aliphatic rings. The fourth-order valence-corrected chi connectivity index (χ4v) is 1.98.